The maximum absolute atomic E-state index is 12.0. The van der Waals surface area contributed by atoms with Crippen LogP contribution in [0.1, 0.15) is 12.0 Å². The number of rotatable bonds is 3. The highest BCUT2D eigenvalue weighted by molar-refractivity contribution is 5.77. The second-order valence-electron chi connectivity index (χ2n) is 4.28. The zero-order valence-electron chi connectivity index (χ0n) is 10.6. The molecule has 0 radical (unpaired) electrons. The maximum atomic E-state index is 12.0. The highest BCUT2D eigenvalue weighted by atomic mass is 16.5. The number of aryl methyl sites for hydroxylation is 1. The van der Waals surface area contributed by atoms with Gasteiger partial charge in [0.25, 0.3) is 5.91 Å². The first-order valence-electron chi connectivity index (χ1n) is 6.15. The Kier molecular flexibility index (Phi) is 4.46. The minimum Gasteiger partial charge on any atom is -0.467 e. The van der Waals surface area contributed by atoms with Crippen LogP contribution in [0.3, 0.4) is 0 Å². The fourth-order valence-electron chi connectivity index (χ4n) is 1.86. The minimum absolute atomic E-state index is 0.0108. The van der Waals surface area contributed by atoms with Crippen LogP contribution in [0.25, 0.3) is 0 Å². The van der Waals surface area contributed by atoms with Crippen molar-refractivity contribution in [2.45, 2.75) is 13.3 Å². The van der Waals surface area contributed by atoms with Crippen LogP contribution in [0.5, 0.6) is 5.88 Å². The van der Waals surface area contributed by atoms with E-state index in [0.717, 1.165) is 38.2 Å². The van der Waals surface area contributed by atoms with Crippen molar-refractivity contribution in [1.82, 2.24) is 20.2 Å². The minimum atomic E-state index is 0.0108. The molecule has 1 amide bonds. The van der Waals surface area contributed by atoms with E-state index in [0.29, 0.717) is 5.88 Å². The molecule has 0 spiro atoms. The summed E-state index contributed by atoms with van der Waals surface area (Å²) in [6, 6.07) is 0. The molecule has 1 fully saturated rings. The van der Waals surface area contributed by atoms with Gasteiger partial charge in [-0.15, -0.1) is 0 Å². The number of hydrogen-bond acceptors (Lipinski definition) is 5. The van der Waals surface area contributed by atoms with Gasteiger partial charge in [-0.2, -0.15) is 0 Å². The third kappa shape index (κ3) is 3.40. The van der Waals surface area contributed by atoms with Crippen molar-refractivity contribution in [2.75, 3.05) is 32.8 Å². The van der Waals surface area contributed by atoms with Gasteiger partial charge >= 0.3 is 0 Å². The van der Waals surface area contributed by atoms with Gasteiger partial charge in [0.15, 0.2) is 6.61 Å². The largest absolute Gasteiger partial charge is 0.467 e. The van der Waals surface area contributed by atoms with Crippen LogP contribution in [0.2, 0.25) is 0 Å². The normalized spacial score (nSPS) is 16.2. The molecule has 0 saturated carbocycles. The third-order valence-electron chi connectivity index (χ3n) is 2.87. The van der Waals surface area contributed by atoms with Gasteiger partial charge in [0.2, 0.25) is 5.88 Å². The van der Waals surface area contributed by atoms with Crippen molar-refractivity contribution < 1.29 is 9.53 Å². The maximum Gasteiger partial charge on any atom is 0.260 e. The Bertz CT molecular complexity index is 403. The molecular formula is C12H18N4O2. The molecule has 0 aliphatic carbocycles. The molecule has 1 aliphatic rings. The molecule has 2 heterocycles. The molecule has 2 rings (SSSR count). The van der Waals surface area contributed by atoms with Gasteiger partial charge in [0, 0.05) is 31.4 Å². The number of hydrogen-bond donors (Lipinski definition) is 1. The number of carbonyl (C=O) groups is 1. The Hall–Kier alpha value is -1.69. The zero-order valence-corrected chi connectivity index (χ0v) is 10.6. The van der Waals surface area contributed by atoms with Gasteiger partial charge in [-0.05, 0) is 19.9 Å². The Balaban J connectivity index is 1.86. The van der Waals surface area contributed by atoms with Crippen LogP contribution in [0, 0.1) is 6.92 Å². The van der Waals surface area contributed by atoms with Crippen molar-refractivity contribution in [3.8, 4) is 5.88 Å². The van der Waals surface area contributed by atoms with E-state index in [1.807, 2.05) is 11.8 Å². The Morgan fingerprint density at radius 2 is 2.39 bits per heavy atom. The van der Waals surface area contributed by atoms with Crippen molar-refractivity contribution in [3.05, 3.63) is 18.1 Å². The van der Waals surface area contributed by atoms with Gasteiger partial charge < -0.3 is 15.0 Å². The molecule has 18 heavy (non-hydrogen) atoms. The highest BCUT2D eigenvalue weighted by Crippen LogP contribution is 2.10. The molecule has 1 saturated heterocycles. The third-order valence-corrected chi connectivity index (χ3v) is 2.87. The quantitative estimate of drug-likeness (QED) is 0.817. The fourth-order valence-corrected chi connectivity index (χ4v) is 1.86. The van der Waals surface area contributed by atoms with Crippen LogP contribution >= 0.6 is 0 Å². The number of ether oxygens (including phenoxy) is 1. The van der Waals surface area contributed by atoms with Crippen LogP contribution in [-0.2, 0) is 4.79 Å². The lowest BCUT2D eigenvalue weighted by atomic mass is 10.3. The number of amides is 1. The molecule has 0 bridgehead atoms. The lowest BCUT2D eigenvalue weighted by Gasteiger charge is -2.19. The molecular weight excluding hydrogens is 232 g/mol. The van der Waals surface area contributed by atoms with E-state index in [1.165, 1.54) is 6.33 Å². The molecule has 1 aromatic rings. The van der Waals surface area contributed by atoms with Gasteiger partial charge in [-0.25, -0.2) is 9.97 Å². The van der Waals surface area contributed by atoms with E-state index >= 15 is 0 Å². The van der Waals surface area contributed by atoms with E-state index in [9.17, 15) is 4.79 Å². The topological polar surface area (TPSA) is 67.4 Å². The smallest absolute Gasteiger partial charge is 0.260 e. The lowest BCUT2D eigenvalue weighted by Crippen LogP contribution is -2.37. The summed E-state index contributed by atoms with van der Waals surface area (Å²) in [4.78, 5) is 21.7. The monoisotopic (exact) mass is 250 g/mol. The summed E-state index contributed by atoms with van der Waals surface area (Å²) < 4.78 is 5.43. The zero-order chi connectivity index (χ0) is 12.8. The Morgan fingerprint density at radius 3 is 3.22 bits per heavy atom. The van der Waals surface area contributed by atoms with E-state index < -0.39 is 0 Å². The summed E-state index contributed by atoms with van der Waals surface area (Å²) in [7, 11) is 0. The van der Waals surface area contributed by atoms with Crippen LogP contribution in [-0.4, -0.2) is 53.6 Å². The van der Waals surface area contributed by atoms with Gasteiger partial charge in [0.1, 0.15) is 6.33 Å². The SMILES string of the molecule is Cc1cncnc1OCC(=O)N1CCCNCC1. The molecule has 1 aromatic heterocycles. The Labute approximate surface area is 106 Å². The molecule has 0 unspecified atom stereocenters. The summed E-state index contributed by atoms with van der Waals surface area (Å²) in [6.45, 7) is 5.24. The van der Waals surface area contributed by atoms with Crippen molar-refractivity contribution in [1.29, 1.82) is 0 Å². The summed E-state index contributed by atoms with van der Waals surface area (Å²) >= 11 is 0. The first-order valence-corrected chi connectivity index (χ1v) is 6.15. The Morgan fingerprint density at radius 1 is 1.50 bits per heavy atom. The predicted molar refractivity (Wildman–Crippen MR) is 66.3 cm³/mol. The summed E-state index contributed by atoms with van der Waals surface area (Å²) in [5, 5.41) is 3.26. The molecule has 6 heteroatoms. The van der Waals surface area contributed by atoms with Crippen molar-refractivity contribution >= 4 is 5.91 Å². The molecule has 98 valence electrons. The molecule has 0 aromatic carbocycles. The van der Waals surface area contributed by atoms with Crippen molar-refractivity contribution in [3.63, 3.8) is 0 Å². The van der Waals surface area contributed by atoms with E-state index in [-0.39, 0.29) is 12.5 Å². The van der Waals surface area contributed by atoms with E-state index in [2.05, 4.69) is 15.3 Å². The number of nitrogens with one attached hydrogen (secondary N) is 1. The first kappa shape index (κ1) is 12.8. The van der Waals surface area contributed by atoms with E-state index in [4.69, 9.17) is 4.74 Å². The number of carbonyl (C=O) groups excluding carboxylic acids is 1. The van der Waals surface area contributed by atoms with Gasteiger partial charge in [0.05, 0.1) is 0 Å². The molecule has 1 aliphatic heterocycles. The van der Waals surface area contributed by atoms with E-state index in [1.54, 1.807) is 6.20 Å². The van der Waals surface area contributed by atoms with Crippen molar-refractivity contribution in [2.24, 2.45) is 0 Å². The molecule has 6 nitrogen and oxygen atoms in total. The van der Waals surface area contributed by atoms with Crippen LogP contribution in [0.4, 0.5) is 0 Å². The predicted octanol–water partition coefficient (Wildman–Crippen LogP) is -0.0143. The first-order chi connectivity index (χ1) is 8.77. The second-order valence-corrected chi connectivity index (χ2v) is 4.28. The molecule has 1 N–H and O–H groups in total. The average molecular weight is 250 g/mol. The fraction of sp³-hybridized carbons (Fsp3) is 0.583. The summed E-state index contributed by atoms with van der Waals surface area (Å²) in [5.41, 5.74) is 0.836. The molecule has 0 atom stereocenters. The van der Waals surface area contributed by atoms with Crippen LogP contribution < -0.4 is 10.1 Å². The van der Waals surface area contributed by atoms with Crippen LogP contribution in [0.15, 0.2) is 12.5 Å². The second kappa shape index (κ2) is 6.30. The highest BCUT2D eigenvalue weighted by Gasteiger charge is 2.16. The van der Waals surface area contributed by atoms with Gasteiger partial charge in [-0.3, -0.25) is 4.79 Å². The van der Waals surface area contributed by atoms with Gasteiger partial charge in [-0.1, -0.05) is 0 Å². The standard InChI is InChI=1S/C12H18N4O2/c1-10-7-14-9-15-12(10)18-8-11(17)16-5-2-3-13-4-6-16/h7,9,13H,2-6,8H2,1H3. The average Bonchev–Trinajstić information content (AvgIpc) is 2.66. The summed E-state index contributed by atoms with van der Waals surface area (Å²) in [5.74, 6) is 0.489. The summed E-state index contributed by atoms with van der Waals surface area (Å²) in [6.07, 6.45) is 4.07. The number of aromatic nitrogens is 2. The lowest BCUT2D eigenvalue weighted by molar-refractivity contribution is -0.133. The number of nitrogens with zero attached hydrogens (tertiary/aromatic N) is 3.